The molecule has 0 unspecified atom stereocenters. The van der Waals surface area contributed by atoms with Gasteiger partial charge in [0, 0.05) is 30.6 Å². The van der Waals surface area contributed by atoms with E-state index in [9.17, 15) is 19.2 Å². The van der Waals surface area contributed by atoms with Crippen LogP contribution in [0.25, 0.3) is 0 Å². The van der Waals surface area contributed by atoms with Crippen molar-refractivity contribution in [2.75, 3.05) is 18.5 Å². The molecule has 3 rings (SSSR count). The number of H-pyrrole nitrogens is 2. The molecule has 148 valence electrons. The highest BCUT2D eigenvalue weighted by molar-refractivity contribution is 5.95. The molecule has 1 aromatic heterocycles. The van der Waals surface area contributed by atoms with Crippen LogP contribution >= 0.6 is 0 Å². The van der Waals surface area contributed by atoms with E-state index in [1.807, 2.05) is 0 Å². The average molecular weight is 387 g/mol. The molecule has 28 heavy (non-hydrogen) atoms. The van der Waals surface area contributed by atoms with Crippen LogP contribution in [0, 0.1) is 0 Å². The third-order valence-electron chi connectivity index (χ3n) is 4.25. The van der Waals surface area contributed by atoms with E-state index in [0.29, 0.717) is 17.8 Å². The molecular formula is C18H21N5O5. The number of benzene rings is 1. The van der Waals surface area contributed by atoms with Crippen molar-refractivity contribution < 1.29 is 14.3 Å². The molecule has 2 aromatic rings. The number of urea groups is 1. The molecule has 1 aliphatic heterocycles. The van der Waals surface area contributed by atoms with Gasteiger partial charge >= 0.3 is 11.7 Å². The summed E-state index contributed by atoms with van der Waals surface area (Å²) < 4.78 is 5.46. The Morgan fingerprint density at radius 3 is 2.61 bits per heavy atom. The second kappa shape index (κ2) is 9.00. The van der Waals surface area contributed by atoms with Crippen molar-refractivity contribution in [3.63, 3.8) is 0 Å². The lowest BCUT2D eigenvalue weighted by molar-refractivity contribution is 0.0858. The van der Waals surface area contributed by atoms with E-state index >= 15 is 0 Å². The Bertz CT molecular complexity index is 944. The average Bonchev–Trinajstić information content (AvgIpc) is 3.19. The highest BCUT2D eigenvalue weighted by Crippen LogP contribution is 2.12. The van der Waals surface area contributed by atoms with Crippen molar-refractivity contribution in [2.24, 2.45) is 0 Å². The maximum absolute atomic E-state index is 12.1. The van der Waals surface area contributed by atoms with Crippen LogP contribution in [-0.4, -0.2) is 41.2 Å². The number of nitrogens with one attached hydrogen (secondary N) is 5. The summed E-state index contributed by atoms with van der Waals surface area (Å²) in [7, 11) is 0. The molecule has 1 atom stereocenters. The third-order valence-corrected chi connectivity index (χ3v) is 4.25. The Morgan fingerprint density at radius 2 is 1.93 bits per heavy atom. The topological polar surface area (TPSA) is 145 Å². The molecule has 0 spiro atoms. The van der Waals surface area contributed by atoms with Crippen molar-refractivity contribution in [1.29, 1.82) is 0 Å². The van der Waals surface area contributed by atoms with Gasteiger partial charge in [-0.1, -0.05) is 0 Å². The van der Waals surface area contributed by atoms with Gasteiger partial charge in [-0.25, -0.2) is 9.59 Å². The number of hydrogen-bond donors (Lipinski definition) is 5. The van der Waals surface area contributed by atoms with Crippen LogP contribution < -0.4 is 27.2 Å². The van der Waals surface area contributed by atoms with Crippen LogP contribution in [0.3, 0.4) is 0 Å². The fourth-order valence-electron chi connectivity index (χ4n) is 2.74. The highest BCUT2D eigenvalue weighted by Gasteiger charge is 2.16. The van der Waals surface area contributed by atoms with E-state index < -0.39 is 17.3 Å². The first-order valence-electron chi connectivity index (χ1n) is 8.87. The molecule has 1 saturated heterocycles. The second-order valence-corrected chi connectivity index (χ2v) is 6.33. The van der Waals surface area contributed by atoms with Crippen molar-refractivity contribution >= 4 is 17.6 Å². The lowest BCUT2D eigenvalue weighted by Crippen LogP contribution is -2.33. The first-order valence-corrected chi connectivity index (χ1v) is 8.87. The van der Waals surface area contributed by atoms with Crippen molar-refractivity contribution in [2.45, 2.75) is 25.5 Å². The number of aromatic amines is 2. The zero-order valence-electron chi connectivity index (χ0n) is 15.0. The predicted molar refractivity (Wildman–Crippen MR) is 101 cm³/mol. The fourth-order valence-corrected chi connectivity index (χ4v) is 2.74. The minimum Gasteiger partial charge on any atom is -0.376 e. The van der Waals surface area contributed by atoms with Gasteiger partial charge in [0.05, 0.1) is 18.2 Å². The van der Waals surface area contributed by atoms with Crippen molar-refractivity contribution in [3.05, 3.63) is 62.4 Å². The summed E-state index contributed by atoms with van der Waals surface area (Å²) in [4.78, 5) is 51.0. The predicted octanol–water partition coefficient (Wildman–Crippen LogP) is 0.294. The quantitative estimate of drug-likeness (QED) is 0.484. The smallest absolute Gasteiger partial charge is 0.325 e. The molecule has 0 bridgehead atoms. The van der Waals surface area contributed by atoms with E-state index in [-0.39, 0.29) is 24.1 Å². The standard InChI is InChI=1S/C18H21N5O5/c24-15(19-10-14-2-1-7-28-14)11-3-5-13(6-4-11)22-17(26)20-8-12-9-21-18(27)23-16(12)25/h3-6,9,14H,1-2,7-8,10H2,(H,19,24)(H2,20,22,26)(H2,21,23,25,27)/t14-/m1/s1. The molecule has 5 N–H and O–H groups in total. The summed E-state index contributed by atoms with van der Waals surface area (Å²) >= 11 is 0. The Labute approximate surface area is 159 Å². The van der Waals surface area contributed by atoms with E-state index in [2.05, 4.69) is 25.9 Å². The summed E-state index contributed by atoms with van der Waals surface area (Å²) in [6, 6.07) is 5.89. The van der Waals surface area contributed by atoms with Crippen LogP contribution in [-0.2, 0) is 11.3 Å². The molecule has 2 heterocycles. The van der Waals surface area contributed by atoms with E-state index in [4.69, 9.17) is 4.74 Å². The lowest BCUT2D eigenvalue weighted by atomic mass is 10.2. The number of aromatic nitrogens is 2. The summed E-state index contributed by atoms with van der Waals surface area (Å²) in [5.41, 5.74) is 0.000750. The highest BCUT2D eigenvalue weighted by atomic mass is 16.5. The Hall–Kier alpha value is -3.40. The maximum atomic E-state index is 12.1. The van der Waals surface area contributed by atoms with Gasteiger partial charge in [0.15, 0.2) is 0 Å². The summed E-state index contributed by atoms with van der Waals surface area (Å²) in [5, 5.41) is 7.94. The molecule has 10 nitrogen and oxygen atoms in total. The van der Waals surface area contributed by atoms with Crippen LogP contribution in [0.2, 0.25) is 0 Å². The molecular weight excluding hydrogens is 366 g/mol. The Balaban J connectivity index is 1.47. The number of rotatable bonds is 6. The van der Waals surface area contributed by atoms with Crippen LogP contribution in [0.4, 0.5) is 10.5 Å². The molecule has 10 heteroatoms. The summed E-state index contributed by atoms with van der Waals surface area (Å²) in [6.07, 6.45) is 3.28. The Kier molecular flexibility index (Phi) is 6.22. The molecule has 0 saturated carbocycles. The van der Waals surface area contributed by atoms with Gasteiger partial charge < -0.3 is 25.7 Å². The molecule has 1 aromatic carbocycles. The van der Waals surface area contributed by atoms with Crippen molar-refractivity contribution in [3.8, 4) is 0 Å². The van der Waals surface area contributed by atoms with E-state index in [1.54, 1.807) is 24.3 Å². The molecule has 1 aliphatic rings. The largest absolute Gasteiger partial charge is 0.376 e. The number of carbonyl (C=O) groups is 2. The molecule has 1 fully saturated rings. The van der Waals surface area contributed by atoms with E-state index in [0.717, 1.165) is 19.4 Å². The normalized spacial score (nSPS) is 15.8. The summed E-state index contributed by atoms with van der Waals surface area (Å²) in [6.45, 7) is 1.16. The minimum absolute atomic E-state index is 0.0539. The van der Waals surface area contributed by atoms with Gasteiger partial charge in [0.25, 0.3) is 11.5 Å². The van der Waals surface area contributed by atoms with Gasteiger partial charge in [-0.3, -0.25) is 14.6 Å². The molecule has 0 aliphatic carbocycles. The molecule has 0 radical (unpaired) electrons. The SMILES string of the molecule is O=C(NCc1c[nH]c(=O)[nH]c1=O)Nc1ccc(C(=O)NC[C@H]2CCCO2)cc1. The fraction of sp³-hybridized carbons (Fsp3) is 0.333. The maximum Gasteiger partial charge on any atom is 0.325 e. The van der Waals surface area contributed by atoms with E-state index in [1.165, 1.54) is 6.20 Å². The number of ether oxygens (including phenoxy) is 1. The number of anilines is 1. The van der Waals surface area contributed by atoms with Gasteiger partial charge in [0.1, 0.15) is 0 Å². The minimum atomic E-state index is -0.613. The zero-order valence-corrected chi connectivity index (χ0v) is 15.0. The van der Waals surface area contributed by atoms with Gasteiger partial charge in [-0.15, -0.1) is 0 Å². The number of carbonyl (C=O) groups excluding carboxylic acids is 2. The first kappa shape index (κ1) is 19.4. The van der Waals surface area contributed by atoms with Crippen molar-refractivity contribution in [1.82, 2.24) is 20.6 Å². The van der Waals surface area contributed by atoms with Gasteiger partial charge in [0.2, 0.25) is 0 Å². The zero-order chi connectivity index (χ0) is 19.9. The molecule has 3 amide bonds. The summed E-state index contributed by atoms with van der Waals surface area (Å²) in [5.74, 6) is -0.205. The number of amides is 3. The van der Waals surface area contributed by atoms with Crippen LogP contribution in [0.5, 0.6) is 0 Å². The monoisotopic (exact) mass is 387 g/mol. The van der Waals surface area contributed by atoms with Gasteiger partial charge in [-0.2, -0.15) is 0 Å². The van der Waals surface area contributed by atoms with Gasteiger partial charge in [-0.05, 0) is 37.1 Å². The first-order chi connectivity index (χ1) is 13.5. The van der Waals surface area contributed by atoms with Crippen LogP contribution in [0.1, 0.15) is 28.8 Å². The Morgan fingerprint density at radius 1 is 1.14 bits per heavy atom. The van der Waals surface area contributed by atoms with Crippen LogP contribution in [0.15, 0.2) is 40.1 Å². The third kappa shape index (κ3) is 5.30. The second-order valence-electron chi connectivity index (χ2n) is 6.33. The number of hydrogen-bond acceptors (Lipinski definition) is 5. The lowest BCUT2D eigenvalue weighted by Gasteiger charge is -2.11.